The normalized spacial score (nSPS) is 10.8. The fourth-order valence-electron chi connectivity index (χ4n) is 1.61. The number of benzene rings is 1. The van der Waals surface area contributed by atoms with E-state index in [1.165, 1.54) is 5.56 Å². The molecule has 3 heteroatoms. The molecule has 96 valence electrons. The predicted octanol–water partition coefficient (Wildman–Crippen LogP) is 1.78. The van der Waals surface area contributed by atoms with Gasteiger partial charge in [0.15, 0.2) is 0 Å². The van der Waals surface area contributed by atoms with Crippen molar-refractivity contribution in [3.8, 4) is 5.75 Å². The number of nitrogens with zero attached hydrogens (tertiary/aromatic N) is 1. The lowest BCUT2D eigenvalue weighted by molar-refractivity contribution is 0.349. The average Bonchev–Trinajstić information content (AvgIpc) is 2.38. The molecular weight excluding hydrogens is 212 g/mol. The minimum absolute atomic E-state index is 0.938. The molecule has 0 aromatic heterocycles. The van der Waals surface area contributed by atoms with E-state index in [1.54, 1.807) is 7.11 Å². The molecule has 17 heavy (non-hydrogen) atoms. The molecule has 3 nitrogen and oxygen atoms in total. The maximum Gasteiger partial charge on any atom is 0.119 e. The molecule has 0 saturated heterocycles. The number of hydrogen-bond donors (Lipinski definition) is 1. The van der Waals surface area contributed by atoms with Crippen molar-refractivity contribution in [1.29, 1.82) is 0 Å². The van der Waals surface area contributed by atoms with Crippen molar-refractivity contribution in [2.45, 2.75) is 13.3 Å². The number of nitrogens with one attached hydrogen (secondary N) is 1. The molecule has 0 bridgehead atoms. The van der Waals surface area contributed by atoms with Crippen molar-refractivity contribution in [3.63, 3.8) is 0 Å². The second-order valence-corrected chi connectivity index (χ2v) is 4.25. The Bertz CT molecular complexity index is 315. The minimum atomic E-state index is 0.938. The highest BCUT2D eigenvalue weighted by molar-refractivity contribution is 5.28. The molecule has 1 N–H and O–H groups in total. The third-order valence-electron chi connectivity index (χ3n) is 2.93. The number of likely N-dealkylation sites (N-methyl/N-ethyl adjacent to an activating group) is 1. The van der Waals surface area contributed by atoms with Gasteiger partial charge in [0.2, 0.25) is 0 Å². The third kappa shape index (κ3) is 5.71. The number of methoxy groups -OCH3 is 1. The van der Waals surface area contributed by atoms with Gasteiger partial charge in [-0.05, 0) is 44.3 Å². The van der Waals surface area contributed by atoms with Gasteiger partial charge in [-0.1, -0.05) is 19.1 Å². The molecule has 1 aromatic carbocycles. The summed E-state index contributed by atoms with van der Waals surface area (Å²) in [5.41, 5.74) is 1.32. The zero-order valence-corrected chi connectivity index (χ0v) is 11.2. The lowest BCUT2D eigenvalue weighted by atomic mass is 10.1. The first-order valence-electron chi connectivity index (χ1n) is 6.28. The first kappa shape index (κ1) is 14.0. The Morgan fingerprint density at radius 2 is 2.12 bits per heavy atom. The predicted molar refractivity (Wildman–Crippen MR) is 72.7 cm³/mol. The van der Waals surface area contributed by atoms with Crippen LogP contribution >= 0.6 is 0 Å². The molecule has 0 spiro atoms. The summed E-state index contributed by atoms with van der Waals surface area (Å²) in [7, 11) is 3.85. The molecule has 0 aliphatic carbocycles. The van der Waals surface area contributed by atoms with E-state index < -0.39 is 0 Å². The molecule has 0 saturated carbocycles. The zero-order chi connectivity index (χ0) is 12.5. The molecule has 0 heterocycles. The van der Waals surface area contributed by atoms with Crippen molar-refractivity contribution in [2.24, 2.45) is 0 Å². The van der Waals surface area contributed by atoms with Gasteiger partial charge < -0.3 is 15.0 Å². The lowest BCUT2D eigenvalue weighted by Gasteiger charge is -2.14. The maximum absolute atomic E-state index is 5.20. The second-order valence-electron chi connectivity index (χ2n) is 4.25. The number of ether oxygens (including phenoxy) is 1. The van der Waals surface area contributed by atoms with Crippen LogP contribution in [0.3, 0.4) is 0 Å². The molecule has 0 atom stereocenters. The largest absolute Gasteiger partial charge is 0.497 e. The maximum atomic E-state index is 5.20. The Hall–Kier alpha value is -1.06. The van der Waals surface area contributed by atoms with Crippen molar-refractivity contribution >= 4 is 0 Å². The fraction of sp³-hybridized carbons (Fsp3) is 0.571. The molecule has 1 rings (SSSR count). The zero-order valence-electron chi connectivity index (χ0n) is 11.2. The van der Waals surface area contributed by atoms with Crippen LogP contribution in [0.4, 0.5) is 0 Å². The summed E-state index contributed by atoms with van der Waals surface area (Å²) in [6.45, 7) is 6.46. The van der Waals surface area contributed by atoms with Crippen LogP contribution in [0.5, 0.6) is 5.75 Å². The molecule has 1 aromatic rings. The summed E-state index contributed by atoms with van der Waals surface area (Å²) in [4.78, 5) is 2.30. The number of rotatable bonds is 8. The van der Waals surface area contributed by atoms with E-state index in [2.05, 4.69) is 36.3 Å². The molecule has 0 amide bonds. The van der Waals surface area contributed by atoms with Crippen LogP contribution in [0, 0.1) is 0 Å². The summed E-state index contributed by atoms with van der Waals surface area (Å²) < 4.78 is 5.20. The van der Waals surface area contributed by atoms with Crippen molar-refractivity contribution in [2.75, 3.05) is 40.3 Å². The van der Waals surface area contributed by atoms with Crippen LogP contribution < -0.4 is 10.1 Å². The molecule has 0 unspecified atom stereocenters. The van der Waals surface area contributed by atoms with E-state index >= 15 is 0 Å². The smallest absolute Gasteiger partial charge is 0.119 e. The summed E-state index contributed by atoms with van der Waals surface area (Å²) in [5.74, 6) is 0.938. The standard InChI is InChI=1S/C14H24N2O/c1-4-16(2)11-10-15-9-8-13-6-5-7-14(12-13)17-3/h5-7,12,15H,4,8-11H2,1-3H3. The van der Waals surface area contributed by atoms with E-state index in [9.17, 15) is 0 Å². The Balaban J connectivity index is 2.17. The molecule has 0 aliphatic heterocycles. The quantitative estimate of drug-likeness (QED) is 0.696. The van der Waals surface area contributed by atoms with Crippen molar-refractivity contribution < 1.29 is 4.74 Å². The van der Waals surface area contributed by atoms with Gasteiger partial charge in [0.05, 0.1) is 7.11 Å². The minimum Gasteiger partial charge on any atom is -0.497 e. The first-order chi connectivity index (χ1) is 8.26. The SMILES string of the molecule is CCN(C)CCNCCc1cccc(OC)c1. The van der Waals surface area contributed by atoms with Crippen molar-refractivity contribution in [3.05, 3.63) is 29.8 Å². The van der Waals surface area contributed by atoms with Crippen LogP contribution in [0.25, 0.3) is 0 Å². The summed E-state index contributed by atoms with van der Waals surface area (Å²) >= 11 is 0. The average molecular weight is 236 g/mol. The summed E-state index contributed by atoms with van der Waals surface area (Å²) in [5, 5.41) is 3.45. The second kappa shape index (κ2) is 8.09. The topological polar surface area (TPSA) is 24.5 Å². The van der Waals surface area contributed by atoms with E-state index in [1.807, 2.05) is 12.1 Å². The lowest BCUT2D eigenvalue weighted by Crippen LogP contribution is -2.30. The van der Waals surface area contributed by atoms with Crippen LogP contribution in [-0.2, 0) is 6.42 Å². The highest BCUT2D eigenvalue weighted by Gasteiger charge is 1.97. The van der Waals surface area contributed by atoms with Crippen LogP contribution in [0.2, 0.25) is 0 Å². The van der Waals surface area contributed by atoms with Gasteiger partial charge in [0.1, 0.15) is 5.75 Å². The first-order valence-corrected chi connectivity index (χ1v) is 6.28. The monoisotopic (exact) mass is 236 g/mol. The van der Waals surface area contributed by atoms with E-state index in [-0.39, 0.29) is 0 Å². The fourth-order valence-corrected chi connectivity index (χ4v) is 1.61. The van der Waals surface area contributed by atoms with Crippen LogP contribution in [0.1, 0.15) is 12.5 Å². The van der Waals surface area contributed by atoms with Gasteiger partial charge in [-0.2, -0.15) is 0 Å². The summed E-state index contributed by atoms with van der Waals surface area (Å²) in [6, 6.07) is 8.26. The Morgan fingerprint density at radius 1 is 1.29 bits per heavy atom. The third-order valence-corrected chi connectivity index (χ3v) is 2.93. The van der Waals surface area contributed by atoms with E-state index in [0.717, 1.165) is 38.3 Å². The molecular formula is C14H24N2O. The molecule has 0 fully saturated rings. The van der Waals surface area contributed by atoms with Gasteiger partial charge in [0, 0.05) is 13.1 Å². The molecule has 0 aliphatic rings. The Morgan fingerprint density at radius 3 is 2.82 bits per heavy atom. The van der Waals surface area contributed by atoms with Gasteiger partial charge in [-0.15, -0.1) is 0 Å². The van der Waals surface area contributed by atoms with Gasteiger partial charge in [-0.3, -0.25) is 0 Å². The van der Waals surface area contributed by atoms with E-state index in [4.69, 9.17) is 4.74 Å². The van der Waals surface area contributed by atoms with Gasteiger partial charge in [-0.25, -0.2) is 0 Å². The van der Waals surface area contributed by atoms with Gasteiger partial charge in [0.25, 0.3) is 0 Å². The highest BCUT2D eigenvalue weighted by atomic mass is 16.5. The van der Waals surface area contributed by atoms with Crippen LogP contribution in [-0.4, -0.2) is 45.2 Å². The Labute approximate surface area is 105 Å². The molecule has 0 radical (unpaired) electrons. The van der Waals surface area contributed by atoms with Gasteiger partial charge >= 0.3 is 0 Å². The van der Waals surface area contributed by atoms with Crippen LogP contribution in [0.15, 0.2) is 24.3 Å². The van der Waals surface area contributed by atoms with E-state index in [0.29, 0.717) is 0 Å². The Kier molecular flexibility index (Phi) is 6.67. The van der Waals surface area contributed by atoms with Crippen molar-refractivity contribution in [1.82, 2.24) is 10.2 Å². The highest BCUT2D eigenvalue weighted by Crippen LogP contribution is 2.12. The summed E-state index contributed by atoms with van der Waals surface area (Å²) in [6.07, 6.45) is 1.05. The number of hydrogen-bond acceptors (Lipinski definition) is 3.